The number of carbonyl (C=O) groups excluding carboxylic acids is 1. The van der Waals surface area contributed by atoms with Crippen molar-refractivity contribution in [2.45, 2.75) is 19.4 Å². The Kier molecular flexibility index (Phi) is 3.84. The molecule has 0 amide bonds. The Morgan fingerprint density at radius 1 is 0.952 bits per heavy atom. The number of allylic oxidation sites excluding steroid dienone is 1. The Balaban J connectivity index is 1.83. The lowest BCUT2D eigenvalue weighted by molar-refractivity contribution is -0.0486. The highest BCUT2D eigenvalue weighted by molar-refractivity contribution is 6.03. The largest absolute Gasteiger partial charge is 0.294 e. The first-order valence-corrected chi connectivity index (χ1v) is 7.07. The number of nitrogens with zero attached hydrogens (tertiary/aromatic N) is 1. The van der Waals surface area contributed by atoms with Crippen LogP contribution in [0, 0.1) is 0 Å². The van der Waals surface area contributed by atoms with Gasteiger partial charge in [-0.2, -0.15) is 0 Å². The van der Waals surface area contributed by atoms with Crippen LogP contribution in [0.2, 0.25) is 0 Å². The summed E-state index contributed by atoms with van der Waals surface area (Å²) in [5.74, 6) is 0.176. The molecule has 0 heterocycles. The second-order valence-corrected chi connectivity index (χ2v) is 5.21. The van der Waals surface area contributed by atoms with Gasteiger partial charge >= 0.3 is 0 Å². The summed E-state index contributed by atoms with van der Waals surface area (Å²) in [4.78, 5) is 11.9. The van der Waals surface area contributed by atoms with Crippen LogP contribution in [0.25, 0.3) is 5.57 Å². The summed E-state index contributed by atoms with van der Waals surface area (Å²) in [5.41, 5.74) is 3.73. The summed E-state index contributed by atoms with van der Waals surface area (Å²) < 4.78 is 0. The van der Waals surface area contributed by atoms with Gasteiger partial charge in [0.05, 0.1) is 6.54 Å². The van der Waals surface area contributed by atoms with Crippen LogP contribution < -0.4 is 0 Å². The van der Waals surface area contributed by atoms with Gasteiger partial charge in [0.25, 0.3) is 0 Å². The number of carbonyl (C=O) groups is 1. The maximum Gasteiger partial charge on any atom is 0.163 e. The van der Waals surface area contributed by atoms with Crippen molar-refractivity contribution >= 4 is 11.4 Å². The summed E-state index contributed by atoms with van der Waals surface area (Å²) in [6.45, 7) is 0.431. The highest BCUT2D eigenvalue weighted by Crippen LogP contribution is 2.30. The lowest BCUT2D eigenvalue weighted by atomic mass is 9.87. The molecule has 21 heavy (non-hydrogen) atoms. The Morgan fingerprint density at radius 2 is 1.62 bits per heavy atom. The lowest BCUT2D eigenvalue weighted by Gasteiger charge is -2.20. The Hall–Kier alpha value is -2.39. The number of hydrogen-bond acceptors (Lipinski definition) is 3. The fourth-order valence-corrected chi connectivity index (χ4v) is 2.65. The van der Waals surface area contributed by atoms with Crippen LogP contribution in [0.3, 0.4) is 0 Å². The molecule has 2 aromatic rings. The molecule has 0 saturated carbocycles. The predicted octanol–water partition coefficient (Wildman–Crippen LogP) is 3.90. The second-order valence-electron chi connectivity index (χ2n) is 5.21. The van der Waals surface area contributed by atoms with Gasteiger partial charge in [0.15, 0.2) is 5.78 Å². The van der Waals surface area contributed by atoms with Crippen molar-refractivity contribution in [3.05, 3.63) is 77.5 Å². The zero-order valence-corrected chi connectivity index (χ0v) is 11.7. The third kappa shape index (κ3) is 3.03. The molecule has 0 bridgehead atoms. The third-order valence-electron chi connectivity index (χ3n) is 3.69. The Labute approximate surface area is 124 Å². The van der Waals surface area contributed by atoms with Gasteiger partial charge in [-0.15, -0.1) is 0 Å². The molecule has 0 radical (unpaired) electrons. The fourth-order valence-electron chi connectivity index (χ4n) is 2.65. The maximum absolute atomic E-state index is 11.9. The van der Waals surface area contributed by atoms with E-state index in [-0.39, 0.29) is 5.78 Å². The van der Waals surface area contributed by atoms with Gasteiger partial charge in [0.1, 0.15) is 0 Å². The lowest BCUT2D eigenvalue weighted by Crippen LogP contribution is -2.15. The quantitative estimate of drug-likeness (QED) is 0.866. The molecular formula is C18H17NO2. The number of Topliss-reactive ketones (excluding diaryl/α,β-unsaturated/α-hetero) is 1. The van der Waals surface area contributed by atoms with Crippen LogP contribution in [-0.2, 0) is 6.54 Å². The number of hydrogen-bond donors (Lipinski definition) is 1. The van der Waals surface area contributed by atoms with Crippen LogP contribution in [0.15, 0.2) is 60.8 Å². The monoisotopic (exact) mass is 279 g/mol. The van der Waals surface area contributed by atoms with Crippen molar-refractivity contribution in [2.24, 2.45) is 0 Å². The van der Waals surface area contributed by atoms with Gasteiger partial charge in [-0.25, -0.2) is 0 Å². The molecule has 1 aliphatic rings. The van der Waals surface area contributed by atoms with E-state index in [2.05, 4.69) is 0 Å². The second kappa shape index (κ2) is 5.94. The molecule has 1 N–H and O–H groups in total. The first-order chi connectivity index (χ1) is 10.2. The smallest absolute Gasteiger partial charge is 0.163 e. The standard InChI is InChI=1S/C18H17NO2/c20-18-11-10-15(16-8-4-5-9-17(16)18)13-19(21)12-14-6-2-1-3-7-14/h1-9,13,21H,10-12H2/b15-13+. The van der Waals surface area contributed by atoms with E-state index in [1.54, 1.807) is 6.20 Å². The summed E-state index contributed by atoms with van der Waals surface area (Å²) >= 11 is 0. The van der Waals surface area contributed by atoms with Crippen molar-refractivity contribution < 1.29 is 10.0 Å². The van der Waals surface area contributed by atoms with Crippen LogP contribution in [0.4, 0.5) is 0 Å². The van der Waals surface area contributed by atoms with Gasteiger partial charge in [0.2, 0.25) is 0 Å². The normalized spacial score (nSPS) is 15.9. The number of hydroxylamine groups is 2. The van der Waals surface area contributed by atoms with Gasteiger partial charge in [-0.1, -0.05) is 54.6 Å². The molecule has 0 fully saturated rings. The molecule has 3 heteroatoms. The van der Waals surface area contributed by atoms with Gasteiger partial charge in [-0.05, 0) is 23.1 Å². The van der Waals surface area contributed by atoms with E-state index < -0.39 is 0 Å². The van der Waals surface area contributed by atoms with E-state index in [1.807, 2.05) is 54.6 Å². The topological polar surface area (TPSA) is 40.5 Å². The maximum atomic E-state index is 11.9. The summed E-state index contributed by atoms with van der Waals surface area (Å²) in [6, 6.07) is 17.4. The number of benzene rings is 2. The average Bonchev–Trinajstić information content (AvgIpc) is 2.51. The minimum atomic E-state index is 0.176. The van der Waals surface area contributed by atoms with Gasteiger partial charge in [0, 0.05) is 18.2 Å². The number of ketones is 1. The van der Waals surface area contributed by atoms with Crippen molar-refractivity contribution in [1.29, 1.82) is 0 Å². The van der Waals surface area contributed by atoms with Crippen molar-refractivity contribution in [2.75, 3.05) is 0 Å². The molecule has 0 saturated heterocycles. The molecule has 2 aromatic carbocycles. The molecule has 0 spiro atoms. The van der Waals surface area contributed by atoms with Crippen molar-refractivity contribution in [3.63, 3.8) is 0 Å². The summed E-state index contributed by atoms with van der Waals surface area (Å²) in [7, 11) is 0. The molecular weight excluding hydrogens is 262 g/mol. The highest BCUT2D eigenvalue weighted by atomic mass is 16.5. The number of fused-ring (bicyclic) bond motifs is 1. The zero-order chi connectivity index (χ0) is 14.7. The van der Waals surface area contributed by atoms with Crippen LogP contribution in [0.1, 0.15) is 34.3 Å². The van der Waals surface area contributed by atoms with E-state index in [0.717, 1.165) is 22.3 Å². The van der Waals surface area contributed by atoms with Crippen molar-refractivity contribution in [1.82, 2.24) is 5.06 Å². The predicted molar refractivity (Wildman–Crippen MR) is 81.8 cm³/mol. The molecule has 0 unspecified atom stereocenters. The van der Waals surface area contributed by atoms with Crippen LogP contribution in [0.5, 0.6) is 0 Å². The molecule has 0 atom stereocenters. The van der Waals surface area contributed by atoms with Crippen molar-refractivity contribution in [3.8, 4) is 0 Å². The molecule has 0 aromatic heterocycles. The van der Waals surface area contributed by atoms with Crippen LogP contribution >= 0.6 is 0 Å². The number of rotatable bonds is 3. The van der Waals surface area contributed by atoms with E-state index in [4.69, 9.17) is 0 Å². The van der Waals surface area contributed by atoms with E-state index >= 15 is 0 Å². The third-order valence-corrected chi connectivity index (χ3v) is 3.69. The van der Waals surface area contributed by atoms with E-state index in [9.17, 15) is 10.0 Å². The first-order valence-electron chi connectivity index (χ1n) is 7.07. The van der Waals surface area contributed by atoms with Crippen LogP contribution in [-0.4, -0.2) is 16.1 Å². The molecule has 0 aliphatic heterocycles. The molecule has 3 rings (SSSR count). The SMILES string of the molecule is O=C1CC/C(=C\N(O)Cc2ccccc2)c2ccccc21. The Bertz CT molecular complexity index is 677. The Morgan fingerprint density at radius 3 is 2.38 bits per heavy atom. The molecule has 106 valence electrons. The minimum Gasteiger partial charge on any atom is -0.294 e. The zero-order valence-electron chi connectivity index (χ0n) is 11.7. The highest BCUT2D eigenvalue weighted by Gasteiger charge is 2.20. The van der Waals surface area contributed by atoms with E-state index in [1.165, 1.54) is 5.06 Å². The minimum absolute atomic E-state index is 0.176. The average molecular weight is 279 g/mol. The van der Waals surface area contributed by atoms with Gasteiger partial charge < -0.3 is 0 Å². The first kappa shape index (κ1) is 13.6. The fraction of sp³-hybridized carbons (Fsp3) is 0.167. The summed E-state index contributed by atoms with van der Waals surface area (Å²) in [5, 5.41) is 11.3. The van der Waals surface area contributed by atoms with E-state index in [0.29, 0.717) is 19.4 Å². The summed E-state index contributed by atoms with van der Waals surface area (Å²) in [6.07, 6.45) is 2.90. The molecule has 1 aliphatic carbocycles. The van der Waals surface area contributed by atoms with Gasteiger partial charge in [-0.3, -0.25) is 15.1 Å². The molecule has 3 nitrogen and oxygen atoms in total.